The van der Waals surface area contributed by atoms with Crippen LogP contribution < -0.4 is 10.6 Å². The first-order chi connectivity index (χ1) is 11.3. The predicted octanol–water partition coefficient (Wildman–Crippen LogP) is 1.44. The summed E-state index contributed by atoms with van der Waals surface area (Å²) < 4.78 is 4.78. The van der Waals surface area contributed by atoms with Crippen LogP contribution in [0.3, 0.4) is 0 Å². The van der Waals surface area contributed by atoms with E-state index in [2.05, 4.69) is 10.6 Å². The summed E-state index contributed by atoms with van der Waals surface area (Å²) in [5.41, 5.74) is 1.07. The molecule has 6 nitrogen and oxygen atoms in total. The number of esters is 1. The van der Waals surface area contributed by atoms with Gasteiger partial charge in [-0.05, 0) is 24.3 Å². The highest BCUT2D eigenvalue weighted by atomic mass is 16.5. The first kappa shape index (κ1) is 19.7. The van der Waals surface area contributed by atoms with Crippen molar-refractivity contribution in [3.8, 4) is 0 Å². The predicted molar refractivity (Wildman–Crippen MR) is 91.2 cm³/mol. The van der Waals surface area contributed by atoms with Gasteiger partial charge in [-0.3, -0.25) is 9.59 Å². The fourth-order valence-corrected chi connectivity index (χ4v) is 2.36. The second kappa shape index (κ2) is 9.70. The second-order valence-corrected chi connectivity index (χ2v) is 6.03. The molecule has 1 rings (SSSR count). The third kappa shape index (κ3) is 6.40. The molecular weight excluding hydrogens is 308 g/mol. The first-order valence-corrected chi connectivity index (χ1v) is 8.04. The van der Waals surface area contributed by atoms with Gasteiger partial charge in [0.05, 0.1) is 7.11 Å². The van der Waals surface area contributed by atoms with E-state index >= 15 is 0 Å². The third-order valence-electron chi connectivity index (χ3n) is 3.67. The van der Waals surface area contributed by atoms with E-state index in [1.807, 2.05) is 44.2 Å². The van der Waals surface area contributed by atoms with Gasteiger partial charge in [-0.1, -0.05) is 44.2 Å². The van der Waals surface area contributed by atoms with Gasteiger partial charge in [0.25, 0.3) is 0 Å². The van der Waals surface area contributed by atoms with Crippen molar-refractivity contribution >= 4 is 17.8 Å². The molecule has 1 aromatic carbocycles. The fourth-order valence-electron chi connectivity index (χ4n) is 2.36. The molecule has 24 heavy (non-hydrogen) atoms. The van der Waals surface area contributed by atoms with Crippen LogP contribution in [0.1, 0.15) is 32.8 Å². The Morgan fingerprint density at radius 3 is 2.21 bits per heavy atom. The van der Waals surface area contributed by atoms with Gasteiger partial charge in [0.2, 0.25) is 11.8 Å². The second-order valence-electron chi connectivity index (χ2n) is 6.03. The van der Waals surface area contributed by atoms with E-state index in [0.29, 0.717) is 12.8 Å². The van der Waals surface area contributed by atoms with Gasteiger partial charge in [0.1, 0.15) is 12.1 Å². The Hall–Kier alpha value is -2.37. The van der Waals surface area contributed by atoms with E-state index in [1.54, 1.807) is 0 Å². The lowest BCUT2D eigenvalue weighted by atomic mass is 10.0. The molecule has 2 amide bonds. The van der Waals surface area contributed by atoms with E-state index in [-0.39, 0.29) is 17.7 Å². The number of aryl methyl sites for hydroxylation is 1. The zero-order valence-electron chi connectivity index (χ0n) is 14.7. The van der Waals surface area contributed by atoms with Crippen molar-refractivity contribution in [1.29, 1.82) is 0 Å². The first-order valence-electron chi connectivity index (χ1n) is 8.04. The Labute approximate surface area is 143 Å². The molecule has 6 heteroatoms. The Bertz CT molecular complexity index is 557. The van der Waals surface area contributed by atoms with Gasteiger partial charge in [-0.2, -0.15) is 0 Å². The molecule has 0 saturated heterocycles. The topological polar surface area (TPSA) is 84.5 Å². The molecule has 2 atom stereocenters. The minimum Gasteiger partial charge on any atom is -0.467 e. The van der Waals surface area contributed by atoms with Crippen LogP contribution in [-0.2, 0) is 25.5 Å². The molecule has 0 aliphatic carbocycles. The van der Waals surface area contributed by atoms with Gasteiger partial charge in [-0.15, -0.1) is 0 Å². The van der Waals surface area contributed by atoms with Gasteiger partial charge in [-0.25, -0.2) is 4.79 Å². The van der Waals surface area contributed by atoms with E-state index in [0.717, 1.165) is 5.56 Å². The molecule has 0 spiro atoms. The highest BCUT2D eigenvalue weighted by Crippen LogP contribution is 2.08. The summed E-state index contributed by atoms with van der Waals surface area (Å²) in [5, 5.41) is 5.31. The smallest absolute Gasteiger partial charge is 0.328 e. The highest BCUT2D eigenvalue weighted by Gasteiger charge is 2.28. The molecule has 132 valence electrons. The molecule has 0 radical (unpaired) electrons. The maximum absolute atomic E-state index is 12.4. The number of hydrogen-bond donors (Lipinski definition) is 2. The Kier molecular flexibility index (Phi) is 7.95. The highest BCUT2D eigenvalue weighted by molar-refractivity contribution is 5.90. The van der Waals surface area contributed by atoms with Crippen LogP contribution in [0.4, 0.5) is 0 Å². The standard InChI is InChI=1S/C18H26N2O4/c1-12(2)16(19-13(3)21)17(22)20-15(18(23)24-4)11-10-14-8-6-5-7-9-14/h5-9,12,15-16H,10-11H2,1-4H3,(H,19,21)(H,20,22)/t15-,16+/m0/s1. The summed E-state index contributed by atoms with van der Waals surface area (Å²) in [5.74, 6) is -1.27. The van der Waals surface area contributed by atoms with Gasteiger partial charge in [0.15, 0.2) is 0 Å². The molecule has 0 heterocycles. The maximum Gasteiger partial charge on any atom is 0.328 e. The van der Waals surface area contributed by atoms with Crippen molar-refractivity contribution in [2.45, 2.75) is 45.7 Å². The lowest BCUT2D eigenvalue weighted by Gasteiger charge is -2.24. The zero-order chi connectivity index (χ0) is 18.1. The van der Waals surface area contributed by atoms with Gasteiger partial charge >= 0.3 is 5.97 Å². The summed E-state index contributed by atoms with van der Waals surface area (Å²) in [6, 6.07) is 8.25. The SMILES string of the molecule is COC(=O)[C@H](CCc1ccccc1)NC(=O)[C@H](NC(C)=O)C(C)C. The molecule has 0 bridgehead atoms. The summed E-state index contributed by atoms with van der Waals surface area (Å²) in [7, 11) is 1.29. The lowest BCUT2D eigenvalue weighted by Crippen LogP contribution is -2.53. The Morgan fingerprint density at radius 2 is 1.71 bits per heavy atom. The number of hydrogen-bond acceptors (Lipinski definition) is 4. The number of rotatable bonds is 8. The minimum absolute atomic E-state index is 0.0960. The van der Waals surface area contributed by atoms with Crippen molar-refractivity contribution in [3.63, 3.8) is 0 Å². The maximum atomic E-state index is 12.4. The van der Waals surface area contributed by atoms with Crippen LogP contribution >= 0.6 is 0 Å². The summed E-state index contributed by atoms with van der Waals surface area (Å²) >= 11 is 0. The molecule has 0 saturated carbocycles. The molecule has 0 aliphatic heterocycles. The van der Waals surface area contributed by atoms with Crippen molar-refractivity contribution in [1.82, 2.24) is 10.6 Å². The largest absolute Gasteiger partial charge is 0.467 e. The van der Waals surface area contributed by atoms with Gasteiger partial charge in [0, 0.05) is 6.92 Å². The molecule has 0 aromatic heterocycles. The van der Waals surface area contributed by atoms with Crippen molar-refractivity contribution in [2.24, 2.45) is 5.92 Å². The number of carbonyl (C=O) groups excluding carboxylic acids is 3. The number of benzene rings is 1. The molecule has 0 fully saturated rings. The average Bonchev–Trinajstić information content (AvgIpc) is 2.56. The van der Waals surface area contributed by atoms with Gasteiger partial charge < -0.3 is 15.4 Å². The number of methoxy groups -OCH3 is 1. The van der Waals surface area contributed by atoms with E-state index in [1.165, 1.54) is 14.0 Å². The van der Waals surface area contributed by atoms with Crippen LogP contribution in [0.5, 0.6) is 0 Å². The monoisotopic (exact) mass is 334 g/mol. The van der Waals surface area contributed by atoms with Crippen molar-refractivity contribution < 1.29 is 19.1 Å². The van der Waals surface area contributed by atoms with E-state index in [9.17, 15) is 14.4 Å². The number of ether oxygens (including phenoxy) is 1. The van der Waals surface area contributed by atoms with Crippen LogP contribution in [0.25, 0.3) is 0 Å². The normalized spacial score (nSPS) is 13.0. The fraction of sp³-hybridized carbons (Fsp3) is 0.500. The minimum atomic E-state index is -0.752. The summed E-state index contributed by atoms with van der Waals surface area (Å²) in [6.07, 6.45) is 1.06. The lowest BCUT2D eigenvalue weighted by molar-refractivity contribution is -0.145. The third-order valence-corrected chi connectivity index (χ3v) is 3.67. The van der Waals surface area contributed by atoms with E-state index < -0.39 is 18.1 Å². The zero-order valence-corrected chi connectivity index (χ0v) is 14.7. The van der Waals surface area contributed by atoms with Crippen molar-refractivity contribution in [2.75, 3.05) is 7.11 Å². The number of nitrogens with one attached hydrogen (secondary N) is 2. The quantitative estimate of drug-likeness (QED) is 0.705. The van der Waals surface area contributed by atoms with Crippen molar-refractivity contribution in [3.05, 3.63) is 35.9 Å². The van der Waals surface area contributed by atoms with E-state index in [4.69, 9.17) is 4.74 Å². The summed E-state index contributed by atoms with van der Waals surface area (Å²) in [6.45, 7) is 5.02. The number of amides is 2. The van der Waals surface area contributed by atoms with Crippen LogP contribution in [0.15, 0.2) is 30.3 Å². The van der Waals surface area contributed by atoms with Crippen LogP contribution in [0.2, 0.25) is 0 Å². The van der Waals surface area contributed by atoms with Crippen LogP contribution in [0, 0.1) is 5.92 Å². The Morgan fingerprint density at radius 1 is 1.08 bits per heavy atom. The molecule has 0 aliphatic rings. The van der Waals surface area contributed by atoms with Crippen LogP contribution in [-0.4, -0.2) is 37.0 Å². The molecular formula is C18H26N2O4. The average molecular weight is 334 g/mol. The summed E-state index contributed by atoms with van der Waals surface area (Å²) in [4.78, 5) is 35.7. The molecule has 2 N–H and O–H groups in total. The molecule has 0 unspecified atom stereocenters. The number of carbonyl (C=O) groups is 3. The Balaban J connectivity index is 2.75. The molecule has 1 aromatic rings.